The SMILES string of the molecule is Cc1nn(C)c2ncc(C(=O)O)c(OCC3CCCO3)c12. The number of pyridine rings is 1. The van der Waals surface area contributed by atoms with Crippen LogP contribution in [-0.2, 0) is 11.8 Å². The molecule has 1 N–H and O–H groups in total. The van der Waals surface area contributed by atoms with Crippen LogP contribution in [0, 0.1) is 6.92 Å². The first-order valence-corrected chi connectivity index (χ1v) is 6.88. The predicted molar refractivity (Wildman–Crippen MR) is 74.7 cm³/mol. The van der Waals surface area contributed by atoms with Gasteiger partial charge in [0.15, 0.2) is 5.65 Å². The van der Waals surface area contributed by atoms with Crippen LogP contribution in [0.5, 0.6) is 5.75 Å². The van der Waals surface area contributed by atoms with E-state index in [9.17, 15) is 9.90 Å². The van der Waals surface area contributed by atoms with E-state index in [1.165, 1.54) is 6.20 Å². The number of aromatic carboxylic acids is 1. The highest BCUT2D eigenvalue weighted by molar-refractivity contribution is 5.98. The monoisotopic (exact) mass is 291 g/mol. The van der Waals surface area contributed by atoms with Gasteiger partial charge in [0.25, 0.3) is 0 Å². The van der Waals surface area contributed by atoms with Crippen LogP contribution in [0.1, 0.15) is 28.9 Å². The summed E-state index contributed by atoms with van der Waals surface area (Å²) in [6.07, 6.45) is 3.28. The molecule has 1 atom stereocenters. The number of ether oxygens (including phenoxy) is 2. The Morgan fingerprint density at radius 1 is 1.62 bits per heavy atom. The molecule has 1 aliphatic rings. The Bertz CT molecular complexity index is 689. The second-order valence-electron chi connectivity index (χ2n) is 5.16. The quantitative estimate of drug-likeness (QED) is 0.919. The number of rotatable bonds is 4. The fourth-order valence-electron chi connectivity index (χ4n) is 2.63. The minimum Gasteiger partial charge on any atom is -0.489 e. The standard InChI is InChI=1S/C14H17N3O4/c1-8-11-12(21-7-9-4-3-5-20-9)10(14(18)19)6-15-13(11)17(2)16-8/h6,9H,3-5,7H2,1-2H3,(H,18,19). The van der Waals surface area contributed by atoms with Gasteiger partial charge < -0.3 is 14.6 Å². The van der Waals surface area contributed by atoms with Crippen molar-refractivity contribution in [1.82, 2.24) is 14.8 Å². The van der Waals surface area contributed by atoms with Gasteiger partial charge in [-0.05, 0) is 19.8 Å². The Morgan fingerprint density at radius 2 is 2.43 bits per heavy atom. The molecule has 2 aromatic rings. The molecule has 21 heavy (non-hydrogen) atoms. The maximum absolute atomic E-state index is 11.4. The highest BCUT2D eigenvalue weighted by Gasteiger charge is 2.23. The highest BCUT2D eigenvalue weighted by Crippen LogP contribution is 2.31. The summed E-state index contributed by atoms with van der Waals surface area (Å²) in [5, 5.41) is 14.3. The molecule has 7 nitrogen and oxygen atoms in total. The van der Waals surface area contributed by atoms with Gasteiger partial charge >= 0.3 is 5.97 Å². The number of hydrogen-bond donors (Lipinski definition) is 1. The summed E-state index contributed by atoms with van der Waals surface area (Å²) in [6.45, 7) is 2.89. The van der Waals surface area contributed by atoms with Gasteiger partial charge in [-0.1, -0.05) is 0 Å². The lowest BCUT2D eigenvalue weighted by atomic mass is 10.1. The highest BCUT2D eigenvalue weighted by atomic mass is 16.5. The molecule has 1 fully saturated rings. The number of carbonyl (C=O) groups is 1. The van der Waals surface area contributed by atoms with E-state index in [-0.39, 0.29) is 11.7 Å². The normalized spacial score (nSPS) is 18.3. The van der Waals surface area contributed by atoms with Crippen molar-refractivity contribution in [1.29, 1.82) is 0 Å². The number of aromatic nitrogens is 3. The summed E-state index contributed by atoms with van der Waals surface area (Å²) in [7, 11) is 1.77. The summed E-state index contributed by atoms with van der Waals surface area (Å²) in [5.74, 6) is -0.733. The Kier molecular flexibility index (Phi) is 3.50. The number of fused-ring (bicyclic) bond motifs is 1. The Morgan fingerprint density at radius 3 is 3.10 bits per heavy atom. The van der Waals surface area contributed by atoms with Crippen molar-refractivity contribution in [2.24, 2.45) is 7.05 Å². The summed E-state index contributed by atoms with van der Waals surface area (Å²) >= 11 is 0. The van der Waals surface area contributed by atoms with Gasteiger partial charge in [0, 0.05) is 19.9 Å². The molecule has 2 aromatic heterocycles. The summed E-state index contributed by atoms with van der Waals surface area (Å²) in [5.41, 5.74) is 1.36. The van der Waals surface area contributed by atoms with Gasteiger partial charge in [-0.25, -0.2) is 9.78 Å². The van der Waals surface area contributed by atoms with Crippen molar-refractivity contribution in [3.63, 3.8) is 0 Å². The molecule has 112 valence electrons. The number of aryl methyl sites for hydroxylation is 2. The van der Waals surface area contributed by atoms with Gasteiger partial charge in [0.1, 0.15) is 17.9 Å². The molecule has 1 aliphatic heterocycles. The smallest absolute Gasteiger partial charge is 0.341 e. The van der Waals surface area contributed by atoms with Crippen molar-refractivity contribution in [3.05, 3.63) is 17.5 Å². The molecule has 0 amide bonds. The van der Waals surface area contributed by atoms with Gasteiger partial charge in [-0.3, -0.25) is 4.68 Å². The first-order valence-electron chi connectivity index (χ1n) is 6.88. The zero-order valence-corrected chi connectivity index (χ0v) is 12.0. The summed E-state index contributed by atoms with van der Waals surface area (Å²) in [4.78, 5) is 15.6. The summed E-state index contributed by atoms with van der Waals surface area (Å²) < 4.78 is 12.9. The van der Waals surface area contributed by atoms with E-state index in [4.69, 9.17) is 9.47 Å². The fourth-order valence-corrected chi connectivity index (χ4v) is 2.63. The molecule has 3 heterocycles. The minimum absolute atomic E-state index is 0.0202. The topological polar surface area (TPSA) is 86.5 Å². The average molecular weight is 291 g/mol. The van der Waals surface area contributed by atoms with Gasteiger partial charge in [0.05, 0.1) is 17.2 Å². The minimum atomic E-state index is -1.06. The molecule has 1 saturated heterocycles. The van der Waals surface area contributed by atoms with Crippen molar-refractivity contribution < 1.29 is 19.4 Å². The van der Waals surface area contributed by atoms with E-state index in [0.29, 0.717) is 29.1 Å². The van der Waals surface area contributed by atoms with Crippen LogP contribution in [0.3, 0.4) is 0 Å². The largest absolute Gasteiger partial charge is 0.489 e. The van der Waals surface area contributed by atoms with E-state index >= 15 is 0 Å². The molecular formula is C14H17N3O4. The molecule has 0 radical (unpaired) electrons. The van der Waals surface area contributed by atoms with Gasteiger partial charge in [0.2, 0.25) is 0 Å². The molecule has 0 bridgehead atoms. The van der Waals surface area contributed by atoms with E-state index < -0.39 is 5.97 Å². The zero-order chi connectivity index (χ0) is 15.0. The second kappa shape index (κ2) is 5.33. The van der Waals surface area contributed by atoms with Gasteiger partial charge in [-0.2, -0.15) is 5.10 Å². The molecule has 3 rings (SSSR count). The lowest BCUT2D eigenvalue weighted by Gasteiger charge is -2.14. The van der Waals surface area contributed by atoms with Crippen molar-refractivity contribution >= 4 is 17.0 Å². The van der Waals surface area contributed by atoms with Crippen LogP contribution in [0.15, 0.2) is 6.20 Å². The number of nitrogens with zero attached hydrogens (tertiary/aromatic N) is 3. The van der Waals surface area contributed by atoms with Crippen LogP contribution >= 0.6 is 0 Å². The maximum Gasteiger partial charge on any atom is 0.341 e. The van der Waals surface area contributed by atoms with Crippen molar-refractivity contribution in [2.75, 3.05) is 13.2 Å². The summed E-state index contributed by atoms with van der Waals surface area (Å²) in [6, 6.07) is 0. The molecule has 0 aliphatic carbocycles. The molecule has 1 unspecified atom stereocenters. The lowest BCUT2D eigenvalue weighted by Crippen LogP contribution is -2.18. The Balaban J connectivity index is 2.03. The van der Waals surface area contributed by atoms with Crippen LogP contribution < -0.4 is 4.74 Å². The molecule has 0 saturated carbocycles. The number of hydrogen-bond acceptors (Lipinski definition) is 5. The third-order valence-electron chi connectivity index (χ3n) is 3.65. The van der Waals surface area contributed by atoms with Crippen LogP contribution in [0.25, 0.3) is 11.0 Å². The lowest BCUT2D eigenvalue weighted by molar-refractivity contribution is 0.0633. The second-order valence-corrected chi connectivity index (χ2v) is 5.16. The van der Waals surface area contributed by atoms with Crippen LogP contribution in [0.2, 0.25) is 0 Å². The number of carboxylic acids is 1. The molecule has 7 heteroatoms. The maximum atomic E-state index is 11.4. The van der Waals surface area contributed by atoms with Crippen molar-refractivity contribution in [3.8, 4) is 5.75 Å². The molecular weight excluding hydrogens is 274 g/mol. The predicted octanol–water partition coefficient (Wildman–Crippen LogP) is 1.53. The first kappa shape index (κ1) is 13.8. The zero-order valence-electron chi connectivity index (χ0n) is 12.0. The first-order chi connectivity index (χ1) is 10.1. The van der Waals surface area contributed by atoms with Gasteiger partial charge in [-0.15, -0.1) is 0 Å². The van der Waals surface area contributed by atoms with Crippen LogP contribution in [-0.4, -0.2) is 45.2 Å². The third kappa shape index (κ3) is 2.44. The van der Waals surface area contributed by atoms with E-state index in [1.807, 2.05) is 6.92 Å². The fraction of sp³-hybridized carbons (Fsp3) is 0.500. The van der Waals surface area contributed by atoms with Crippen molar-refractivity contribution in [2.45, 2.75) is 25.9 Å². The average Bonchev–Trinajstić information content (AvgIpc) is 3.05. The molecule has 0 aromatic carbocycles. The van der Waals surface area contributed by atoms with E-state index in [2.05, 4.69) is 10.1 Å². The van der Waals surface area contributed by atoms with E-state index in [1.54, 1.807) is 11.7 Å². The Labute approximate surface area is 121 Å². The Hall–Kier alpha value is -2.15. The van der Waals surface area contributed by atoms with E-state index in [0.717, 1.165) is 19.4 Å². The molecule has 0 spiro atoms. The third-order valence-corrected chi connectivity index (χ3v) is 3.65. The van der Waals surface area contributed by atoms with Crippen LogP contribution in [0.4, 0.5) is 0 Å². The number of carboxylic acid groups (broad SMARTS) is 1.